The van der Waals surface area contributed by atoms with Crippen LogP contribution in [0.2, 0.25) is 0 Å². The van der Waals surface area contributed by atoms with Crippen LogP contribution in [0.3, 0.4) is 0 Å². The number of hydrogen-bond acceptors (Lipinski definition) is 8. The lowest BCUT2D eigenvalue weighted by Crippen LogP contribution is -2.59. The third-order valence-electron chi connectivity index (χ3n) is 7.04. The maximum absolute atomic E-state index is 13.5. The Bertz CT molecular complexity index is 1420. The zero-order valence-electron chi connectivity index (χ0n) is 24.3. The van der Waals surface area contributed by atoms with Gasteiger partial charge in [0.15, 0.2) is 5.65 Å². The number of hydrogen-bond donors (Lipinski definition) is 1. The summed E-state index contributed by atoms with van der Waals surface area (Å²) in [4.78, 5) is 41.1. The van der Waals surface area contributed by atoms with Crippen molar-refractivity contribution in [3.8, 4) is 5.75 Å². The number of piperazine rings is 1. The van der Waals surface area contributed by atoms with Crippen LogP contribution in [0.25, 0.3) is 5.65 Å². The third kappa shape index (κ3) is 5.34. The highest BCUT2D eigenvalue weighted by molar-refractivity contribution is 6.03. The van der Waals surface area contributed by atoms with Gasteiger partial charge in [0, 0.05) is 43.1 Å². The molecule has 0 radical (unpaired) electrons. The van der Waals surface area contributed by atoms with Crippen LogP contribution in [0, 0.1) is 6.92 Å². The highest BCUT2D eigenvalue weighted by Gasteiger charge is 2.38. The quantitative estimate of drug-likeness (QED) is 0.512. The summed E-state index contributed by atoms with van der Waals surface area (Å²) in [6, 6.07) is 3.38. The summed E-state index contributed by atoms with van der Waals surface area (Å²) in [6.07, 6.45) is 3.85. The van der Waals surface area contributed by atoms with E-state index in [1.54, 1.807) is 27.9 Å². The molecule has 12 nitrogen and oxygen atoms in total. The van der Waals surface area contributed by atoms with E-state index in [1.165, 1.54) is 0 Å². The molecule has 214 valence electrons. The summed E-state index contributed by atoms with van der Waals surface area (Å²) < 4.78 is 13.1. The van der Waals surface area contributed by atoms with E-state index in [4.69, 9.17) is 9.47 Å². The molecule has 2 aliphatic heterocycles. The standard InChI is InChI=1S/C28H38N8O4/c1-8-39-23-13-24-30-19(4)32-35(24)16-21(23)31-26(37)34-12-10-20-22(9-11-29-25(20)34)33-14-17(2)36(18(3)15-33)27(38)40-28(5,6)7/h9,11,13,16-18H,8,10,12,14-15H2,1-7H3,(H,31,37)/t17-,18+. The van der Waals surface area contributed by atoms with Gasteiger partial charge in [-0.1, -0.05) is 0 Å². The van der Waals surface area contributed by atoms with Crippen molar-refractivity contribution in [1.29, 1.82) is 0 Å². The Morgan fingerprint density at radius 3 is 2.58 bits per heavy atom. The van der Waals surface area contributed by atoms with Crippen molar-refractivity contribution in [2.45, 2.75) is 72.6 Å². The van der Waals surface area contributed by atoms with Gasteiger partial charge in [-0.15, -0.1) is 0 Å². The van der Waals surface area contributed by atoms with Crippen LogP contribution < -0.4 is 19.9 Å². The van der Waals surface area contributed by atoms with Crippen molar-refractivity contribution < 1.29 is 19.1 Å². The van der Waals surface area contributed by atoms with E-state index in [2.05, 4.69) is 25.3 Å². The molecule has 2 atom stereocenters. The summed E-state index contributed by atoms with van der Waals surface area (Å²) >= 11 is 0. The number of fused-ring (bicyclic) bond motifs is 2. The van der Waals surface area contributed by atoms with E-state index in [0.717, 1.165) is 11.3 Å². The smallest absolute Gasteiger partial charge is 0.410 e. The van der Waals surface area contributed by atoms with Crippen LogP contribution in [0.1, 0.15) is 52.9 Å². The number of anilines is 3. The Morgan fingerprint density at radius 1 is 1.18 bits per heavy atom. The van der Waals surface area contributed by atoms with Gasteiger partial charge in [-0.2, -0.15) is 5.10 Å². The second kappa shape index (κ2) is 10.5. The van der Waals surface area contributed by atoms with Crippen LogP contribution in [0.15, 0.2) is 24.5 Å². The van der Waals surface area contributed by atoms with Gasteiger partial charge in [0.05, 0.1) is 24.9 Å². The second-order valence-electron chi connectivity index (χ2n) is 11.4. The molecule has 0 aromatic carbocycles. The molecule has 5 rings (SSSR count). The predicted molar refractivity (Wildman–Crippen MR) is 152 cm³/mol. The lowest BCUT2D eigenvalue weighted by Gasteiger charge is -2.45. The van der Waals surface area contributed by atoms with Crippen LogP contribution >= 0.6 is 0 Å². The minimum atomic E-state index is -0.549. The fourth-order valence-electron chi connectivity index (χ4n) is 5.53. The highest BCUT2D eigenvalue weighted by atomic mass is 16.6. The second-order valence-corrected chi connectivity index (χ2v) is 11.4. The van der Waals surface area contributed by atoms with E-state index in [0.29, 0.717) is 61.4 Å². The van der Waals surface area contributed by atoms with Crippen molar-refractivity contribution >= 4 is 35.0 Å². The molecule has 3 amide bonds. The van der Waals surface area contributed by atoms with Gasteiger partial charge < -0.3 is 19.7 Å². The minimum absolute atomic E-state index is 0.0458. The number of aryl methyl sites for hydroxylation is 1. The monoisotopic (exact) mass is 550 g/mol. The van der Waals surface area contributed by atoms with E-state index < -0.39 is 5.60 Å². The number of nitrogens with one attached hydrogen (secondary N) is 1. The number of carbonyl (C=O) groups excluding carboxylic acids is 2. The number of carbonyl (C=O) groups is 2. The summed E-state index contributed by atoms with van der Waals surface area (Å²) in [5.41, 5.74) is 2.67. The fraction of sp³-hybridized carbons (Fsp3) is 0.536. The molecular weight excluding hydrogens is 512 g/mol. The molecule has 12 heteroatoms. The van der Waals surface area contributed by atoms with E-state index >= 15 is 0 Å². The summed E-state index contributed by atoms with van der Waals surface area (Å²) in [7, 11) is 0. The molecule has 3 aromatic heterocycles. The first kappa shape index (κ1) is 27.5. The molecule has 0 saturated carbocycles. The van der Waals surface area contributed by atoms with Crippen LogP contribution in [0.4, 0.5) is 26.8 Å². The first-order valence-corrected chi connectivity index (χ1v) is 13.8. The number of pyridine rings is 2. The molecule has 2 aliphatic rings. The van der Waals surface area contributed by atoms with Gasteiger partial charge in [0.2, 0.25) is 0 Å². The Hall–Kier alpha value is -4.09. The number of urea groups is 1. The molecule has 1 N–H and O–H groups in total. The van der Waals surface area contributed by atoms with Gasteiger partial charge >= 0.3 is 12.1 Å². The van der Waals surface area contributed by atoms with Gasteiger partial charge in [0.25, 0.3) is 0 Å². The van der Waals surface area contributed by atoms with Crippen molar-refractivity contribution in [2.24, 2.45) is 0 Å². The van der Waals surface area contributed by atoms with Crippen LogP contribution in [0.5, 0.6) is 5.75 Å². The number of rotatable bonds is 4. The first-order chi connectivity index (χ1) is 18.9. The Kier molecular flexibility index (Phi) is 7.19. The summed E-state index contributed by atoms with van der Waals surface area (Å²) in [5, 5.41) is 7.35. The molecule has 3 aromatic rings. The van der Waals surface area contributed by atoms with Gasteiger partial charge in [0.1, 0.15) is 28.7 Å². The molecule has 5 heterocycles. The largest absolute Gasteiger partial charge is 0.491 e. The maximum Gasteiger partial charge on any atom is 0.410 e. The molecule has 0 aliphatic carbocycles. The normalized spacial score (nSPS) is 19.1. The highest BCUT2D eigenvalue weighted by Crippen LogP contribution is 2.36. The molecule has 1 saturated heterocycles. The van der Waals surface area contributed by atoms with E-state index in [9.17, 15) is 9.59 Å². The van der Waals surface area contributed by atoms with Gasteiger partial charge in [-0.25, -0.2) is 24.1 Å². The third-order valence-corrected chi connectivity index (χ3v) is 7.04. The van der Waals surface area contributed by atoms with Crippen molar-refractivity contribution in [3.63, 3.8) is 0 Å². The van der Waals surface area contributed by atoms with Crippen LogP contribution in [-0.4, -0.2) is 80.5 Å². The molecule has 1 fully saturated rings. The zero-order valence-corrected chi connectivity index (χ0v) is 24.3. The fourth-order valence-corrected chi connectivity index (χ4v) is 5.53. The lowest BCUT2D eigenvalue weighted by atomic mass is 10.1. The number of ether oxygens (including phenoxy) is 2. The van der Waals surface area contributed by atoms with Crippen molar-refractivity contribution in [2.75, 3.05) is 41.4 Å². The predicted octanol–water partition coefficient (Wildman–Crippen LogP) is 4.26. The number of nitrogens with zero attached hydrogens (tertiary/aromatic N) is 7. The van der Waals surface area contributed by atoms with E-state index in [-0.39, 0.29) is 24.2 Å². The Labute approximate surface area is 234 Å². The topological polar surface area (TPSA) is 117 Å². The average Bonchev–Trinajstić information content (AvgIpc) is 3.45. The van der Waals surface area contributed by atoms with Gasteiger partial charge in [-0.3, -0.25) is 9.80 Å². The van der Waals surface area contributed by atoms with Crippen LogP contribution in [-0.2, 0) is 11.2 Å². The minimum Gasteiger partial charge on any atom is -0.491 e. The van der Waals surface area contributed by atoms with Crippen molar-refractivity contribution in [3.05, 3.63) is 35.9 Å². The zero-order chi connectivity index (χ0) is 28.8. The first-order valence-electron chi connectivity index (χ1n) is 13.8. The molecule has 0 spiro atoms. The average molecular weight is 551 g/mol. The van der Waals surface area contributed by atoms with E-state index in [1.807, 2.05) is 59.4 Å². The lowest BCUT2D eigenvalue weighted by molar-refractivity contribution is 0.00565. The Morgan fingerprint density at radius 2 is 1.90 bits per heavy atom. The SMILES string of the molecule is CCOc1cc2nc(C)nn2cc1NC(=O)N1CCc2c(N3C[C@@H](C)N(C(=O)OC(C)(C)C)[C@@H](C)C3)ccnc21. The van der Waals surface area contributed by atoms with Gasteiger partial charge in [-0.05, 0) is 61.0 Å². The molecule has 0 unspecified atom stereocenters. The van der Waals surface area contributed by atoms with Crippen molar-refractivity contribution in [1.82, 2.24) is 24.5 Å². The molecule has 0 bridgehead atoms. The molecule has 40 heavy (non-hydrogen) atoms. The Balaban J connectivity index is 1.35. The summed E-state index contributed by atoms with van der Waals surface area (Å²) in [5.74, 6) is 1.80. The maximum atomic E-state index is 13.5. The number of amides is 3. The molecular formula is C28H38N8O4. The summed E-state index contributed by atoms with van der Waals surface area (Å²) in [6.45, 7) is 15.7. The number of aromatic nitrogens is 4.